The Labute approximate surface area is 98.5 Å². The molecule has 1 aromatic rings. The molecule has 5 nitrogen and oxygen atoms in total. The molecule has 0 fully saturated rings. The largest absolute Gasteiger partial charge is 0.308 e. The van der Waals surface area contributed by atoms with Crippen molar-refractivity contribution in [1.82, 2.24) is 0 Å². The number of amides is 1. The molecule has 0 aliphatic carbocycles. The summed E-state index contributed by atoms with van der Waals surface area (Å²) >= 11 is 0. The van der Waals surface area contributed by atoms with Crippen molar-refractivity contribution < 1.29 is 9.72 Å². The highest BCUT2D eigenvalue weighted by Crippen LogP contribution is 2.23. The Morgan fingerprint density at radius 3 is 2.53 bits per heavy atom. The Balaban J connectivity index is 2.26. The van der Waals surface area contributed by atoms with Crippen molar-refractivity contribution in [2.75, 3.05) is 11.4 Å². The lowest BCUT2D eigenvalue weighted by Crippen LogP contribution is -2.34. The zero-order valence-electron chi connectivity index (χ0n) is 9.42. The SMILES string of the molecule is CC1=CCCN(c2ccc([N+](=O)[O-])cc2)C1=O. The topological polar surface area (TPSA) is 63.4 Å². The van der Waals surface area contributed by atoms with Crippen LogP contribution in [-0.2, 0) is 4.79 Å². The number of nitro groups is 1. The van der Waals surface area contributed by atoms with Gasteiger partial charge >= 0.3 is 0 Å². The fourth-order valence-electron chi connectivity index (χ4n) is 1.81. The quantitative estimate of drug-likeness (QED) is 0.580. The molecule has 0 unspecified atom stereocenters. The van der Waals surface area contributed by atoms with E-state index < -0.39 is 4.92 Å². The molecule has 0 aromatic heterocycles. The molecule has 0 radical (unpaired) electrons. The van der Waals surface area contributed by atoms with E-state index in [1.54, 1.807) is 24.0 Å². The summed E-state index contributed by atoms with van der Waals surface area (Å²) in [7, 11) is 0. The van der Waals surface area contributed by atoms with Crippen molar-refractivity contribution in [3.05, 3.63) is 46.0 Å². The van der Waals surface area contributed by atoms with Crippen LogP contribution < -0.4 is 4.90 Å². The number of hydrogen-bond donors (Lipinski definition) is 0. The highest BCUT2D eigenvalue weighted by atomic mass is 16.6. The zero-order valence-corrected chi connectivity index (χ0v) is 9.42. The zero-order chi connectivity index (χ0) is 12.4. The van der Waals surface area contributed by atoms with Gasteiger partial charge in [-0.1, -0.05) is 6.08 Å². The minimum Gasteiger partial charge on any atom is -0.308 e. The summed E-state index contributed by atoms with van der Waals surface area (Å²) in [6, 6.07) is 6.04. The van der Waals surface area contributed by atoms with Gasteiger partial charge in [0.2, 0.25) is 0 Å². The second kappa shape index (κ2) is 4.37. The molecule has 1 aromatic carbocycles. The number of benzene rings is 1. The third-order valence-corrected chi connectivity index (χ3v) is 2.76. The van der Waals surface area contributed by atoms with Gasteiger partial charge in [0.15, 0.2) is 0 Å². The van der Waals surface area contributed by atoms with Crippen molar-refractivity contribution in [3.8, 4) is 0 Å². The Kier molecular flexibility index (Phi) is 2.91. The average molecular weight is 232 g/mol. The van der Waals surface area contributed by atoms with Crippen LogP contribution in [0.3, 0.4) is 0 Å². The maximum absolute atomic E-state index is 11.9. The van der Waals surface area contributed by atoms with E-state index in [0.29, 0.717) is 12.2 Å². The van der Waals surface area contributed by atoms with Crippen molar-refractivity contribution in [2.45, 2.75) is 13.3 Å². The molecule has 0 saturated carbocycles. The number of nitro benzene ring substituents is 1. The lowest BCUT2D eigenvalue weighted by molar-refractivity contribution is -0.384. The molecule has 1 aliphatic rings. The maximum atomic E-state index is 11.9. The summed E-state index contributed by atoms with van der Waals surface area (Å²) in [6.45, 7) is 2.40. The summed E-state index contributed by atoms with van der Waals surface area (Å²) in [5, 5.41) is 10.5. The molecular weight excluding hydrogens is 220 g/mol. The Hall–Kier alpha value is -2.17. The second-order valence-electron chi connectivity index (χ2n) is 3.91. The summed E-state index contributed by atoms with van der Waals surface area (Å²) in [6.07, 6.45) is 2.72. The monoisotopic (exact) mass is 232 g/mol. The van der Waals surface area contributed by atoms with Crippen LogP contribution in [0.5, 0.6) is 0 Å². The van der Waals surface area contributed by atoms with E-state index in [-0.39, 0.29) is 11.6 Å². The number of non-ortho nitro benzene ring substituents is 1. The highest BCUT2D eigenvalue weighted by molar-refractivity contribution is 6.06. The van der Waals surface area contributed by atoms with Crippen molar-refractivity contribution in [2.24, 2.45) is 0 Å². The van der Waals surface area contributed by atoms with Gasteiger partial charge in [0.1, 0.15) is 0 Å². The maximum Gasteiger partial charge on any atom is 0.269 e. The molecule has 88 valence electrons. The van der Waals surface area contributed by atoms with Gasteiger partial charge in [0.25, 0.3) is 11.6 Å². The average Bonchev–Trinajstić information content (AvgIpc) is 2.33. The van der Waals surface area contributed by atoms with E-state index >= 15 is 0 Å². The summed E-state index contributed by atoms with van der Waals surface area (Å²) in [5.41, 5.74) is 1.45. The molecule has 1 heterocycles. The predicted molar refractivity (Wildman–Crippen MR) is 63.8 cm³/mol. The third-order valence-electron chi connectivity index (χ3n) is 2.76. The molecule has 2 rings (SSSR count). The molecule has 0 N–H and O–H groups in total. The smallest absolute Gasteiger partial charge is 0.269 e. The number of hydrogen-bond acceptors (Lipinski definition) is 3. The lowest BCUT2D eigenvalue weighted by Gasteiger charge is -2.25. The van der Waals surface area contributed by atoms with Crippen molar-refractivity contribution in [1.29, 1.82) is 0 Å². The van der Waals surface area contributed by atoms with Crippen LogP contribution in [0.25, 0.3) is 0 Å². The first-order chi connectivity index (χ1) is 8.09. The third kappa shape index (κ3) is 2.18. The van der Waals surface area contributed by atoms with Crippen LogP contribution in [0, 0.1) is 10.1 Å². The summed E-state index contributed by atoms with van der Waals surface area (Å²) < 4.78 is 0. The second-order valence-corrected chi connectivity index (χ2v) is 3.91. The molecular formula is C12H12N2O3. The Morgan fingerprint density at radius 1 is 1.29 bits per heavy atom. The minimum atomic E-state index is -0.451. The van der Waals surface area contributed by atoms with E-state index in [9.17, 15) is 14.9 Å². The highest BCUT2D eigenvalue weighted by Gasteiger charge is 2.20. The minimum absolute atomic E-state index is 0.0328. The number of rotatable bonds is 2. The van der Waals surface area contributed by atoms with Gasteiger partial charge < -0.3 is 4.90 Å². The first-order valence-electron chi connectivity index (χ1n) is 5.32. The van der Waals surface area contributed by atoms with Crippen molar-refractivity contribution in [3.63, 3.8) is 0 Å². The van der Waals surface area contributed by atoms with Crippen LogP contribution >= 0.6 is 0 Å². The first kappa shape index (κ1) is 11.3. The van der Waals surface area contributed by atoms with Crippen LogP contribution in [0.4, 0.5) is 11.4 Å². The first-order valence-corrected chi connectivity index (χ1v) is 5.32. The molecule has 17 heavy (non-hydrogen) atoms. The summed E-state index contributed by atoms with van der Waals surface area (Å²) in [4.78, 5) is 23.6. The van der Waals surface area contributed by atoms with Crippen molar-refractivity contribution >= 4 is 17.3 Å². The van der Waals surface area contributed by atoms with Gasteiger partial charge in [-0.25, -0.2) is 0 Å². The van der Waals surface area contributed by atoms with Crippen LogP contribution in [0.2, 0.25) is 0 Å². The van der Waals surface area contributed by atoms with E-state index in [2.05, 4.69) is 0 Å². The molecule has 0 spiro atoms. The molecule has 1 aliphatic heterocycles. The van der Waals surface area contributed by atoms with Crippen LogP contribution in [-0.4, -0.2) is 17.4 Å². The number of carbonyl (C=O) groups is 1. The fourth-order valence-corrected chi connectivity index (χ4v) is 1.81. The molecule has 0 bridgehead atoms. The van der Waals surface area contributed by atoms with Crippen LogP contribution in [0.15, 0.2) is 35.9 Å². The van der Waals surface area contributed by atoms with E-state index in [1.165, 1.54) is 12.1 Å². The standard InChI is InChI=1S/C12H12N2O3/c1-9-3-2-8-13(12(9)15)10-4-6-11(7-5-10)14(16)17/h3-7H,2,8H2,1H3. The molecule has 0 saturated heterocycles. The van der Waals surface area contributed by atoms with E-state index in [0.717, 1.165) is 12.0 Å². The predicted octanol–water partition coefficient (Wildman–Crippen LogP) is 2.28. The van der Waals surface area contributed by atoms with Crippen LogP contribution in [0.1, 0.15) is 13.3 Å². The number of anilines is 1. The Bertz CT molecular complexity index is 491. The molecule has 1 amide bonds. The van der Waals surface area contributed by atoms with E-state index in [1.807, 2.05) is 6.08 Å². The van der Waals surface area contributed by atoms with E-state index in [4.69, 9.17) is 0 Å². The normalized spacial score (nSPS) is 15.7. The molecule has 5 heteroatoms. The molecule has 0 atom stereocenters. The lowest BCUT2D eigenvalue weighted by atomic mass is 10.1. The Morgan fingerprint density at radius 2 is 1.94 bits per heavy atom. The summed E-state index contributed by atoms with van der Waals surface area (Å²) in [5.74, 6) is -0.0369. The van der Waals surface area contributed by atoms with Gasteiger partial charge in [-0.05, 0) is 25.5 Å². The van der Waals surface area contributed by atoms with Gasteiger partial charge in [0, 0.05) is 29.9 Å². The number of carbonyl (C=O) groups excluding carboxylic acids is 1. The number of nitrogens with zero attached hydrogens (tertiary/aromatic N) is 2. The fraction of sp³-hybridized carbons (Fsp3) is 0.250. The van der Waals surface area contributed by atoms with Gasteiger partial charge in [-0.2, -0.15) is 0 Å². The van der Waals surface area contributed by atoms with Gasteiger partial charge in [-0.15, -0.1) is 0 Å². The van der Waals surface area contributed by atoms with Gasteiger partial charge in [-0.3, -0.25) is 14.9 Å². The van der Waals surface area contributed by atoms with Gasteiger partial charge in [0.05, 0.1) is 4.92 Å².